The molecule has 0 amide bonds. The van der Waals surface area contributed by atoms with Crippen molar-refractivity contribution in [2.75, 3.05) is 0 Å². The minimum Gasteiger partial charge on any atom is -0.120 e. The van der Waals surface area contributed by atoms with Crippen molar-refractivity contribution in [3.05, 3.63) is 0 Å². The number of rotatable bonds is 0. The SMILES string of the molecule is BrC1(Br)CCCCCCCCCCCCC(Br)(Br)C(Br)(Br)C1(Br)Br.ClC1C(Br)C(Br)C(Br)C(Br)C1Br. The van der Waals surface area contributed by atoms with Crippen LogP contribution < -0.4 is 0 Å². The van der Waals surface area contributed by atoms with Crippen LogP contribution >= 0.6 is 219 Å². The molecule has 0 aromatic rings. The van der Waals surface area contributed by atoms with E-state index < -0.39 is 6.47 Å². The standard InChI is InChI=1S/C16H24Br8.C6H6Br5Cl/c17-13(18)11-9-7-5-3-1-2-4-6-8-10-12-14(19,20)16(23,24)15(13,21)22;7-1-2(8)4(10)6(12)5(11)3(1)9/h1-12H2;1-6H. The largest absolute Gasteiger partial charge is 0.133 e. The summed E-state index contributed by atoms with van der Waals surface area (Å²) in [5, 5.41) is 0.0903. The smallest absolute Gasteiger partial charge is 0.120 e. The summed E-state index contributed by atoms with van der Waals surface area (Å²) in [5.41, 5.74) is 0. The third-order valence-corrected chi connectivity index (χ3v) is 31.5. The normalized spacial score (nSPS) is 37.8. The van der Waals surface area contributed by atoms with Gasteiger partial charge in [0.2, 0.25) is 0 Å². The maximum atomic E-state index is 6.20. The van der Waals surface area contributed by atoms with E-state index in [1.165, 1.54) is 64.2 Å². The molecule has 2 rings (SSSR count). The van der Waals surface area contributed by atoms with Gasteiger partial charge in [0, 0.05) is 24.1 Å². The zero-order valence-electron chi connectivity index (χ0n) is 19.2. The minimum absolute atomic E-state index is 0.0903. The molecule has 0 aliphatic heterocycles. The Hall–Kier alpha value is 6.53. The van der Waals surface area contributed by atoms with Crippen LogP contribution in [0, 0.1) is 0 Å². The summed E-state index contributed by atoms with van der Waals surface area (Å²) in [7, 11) is 0. The molecule has 2 aliphatic carbocycles. The van der Waals surface area contributed by atoms with Gasteiger partial charge in [0.15, 0.2) is 0 Å². The molecule has 0 radical (unpaired) electrons. The van der Waals surface area contributed by atoms with E-state index in [4.69, 9.17) is 11.6 Å². The average molecular weight is 1370 g/mol. The van der Waals surface area contributed by atoms with Crippen molar-refractivity contribution >= 4 is 219 Å². The Balaban J connectivity index is 0.000000450. The number of alkyl halides is 14. The monoisotopic (exact) mass is 1360 g/mol. The number of hydrogen-bond acceptors (Lipinski definition) is 0. The number of hydrogen-bond donors (Lipinski definition) is 0. The van der Waals surface area contributed by atoms with E-state index in [1.54, 1.807) is 0 Å². The van der Waals surface area contributed by atoms with Gasteiger partial charge in [-0.2, -0.15) is 0 Å². The van der Waals surface area contributed by atoms with Gasteiger partial charge in [-0.1, -0.05) is 271 Å². The second-order valence-electron chi connectivity index (χ2n) is 9.26. The molecule has 0 bridgehead atoms. The molecule has 0 heterocycles. The van der Waals surface area contributed by atoms with E-state index in [1.807, 2.05) is 0 Å². The lowest BCUT2D eigenvalue weighted by Crippen LogP contribution is -2.55. The summed E-state index contributed by atoms with van der Waals surface area (Å²) in [4.78, 5) is 1.63. The van der Waals surface area contributed by atoms with Crippen LogP contribution in [0.25, 0.3) is 0 Å². The maximum Gasteiger partial charge on any atom is 0.133 e. The number of halogens is 14. The van der Waals surface area contributed by atoms with Crippen molar-refractivity contribution in [1.29, 1.82) is 0 Å². The molecule has 2 fully saturated rings. The molecule has 0 saturated heterocycles. The predicted octanol–water partition coefficient (Wildman–Crippen LogP) is 15.1. The second-order valence-corrected chi connectivity index (χ2v) is 29.5. The molecule has 216 valence electrons. The molecule has 36 heavy (non-hydrogen) atoms. The predicted molar refractivity (Wildman–Crippen MR) is 211 cm³/mol. The maximum absolute atomic E-state index is 6.20. The van der Waals surface area contributed by atoms with E-state index >= 15 is 0 Å². The molecule has 2 aliphatic rings. The van der Waals surface area contributed by atoms with Crippen molar-refractivity contribution in [2.45, 2.75) is 119 Å². The highest BCUT2D eigenvalue weighted by atomic mass is 79.9. The van der Waals surface area contributed by atoms with Crippen molar-refractivity contribution in [3.63, 3.8) is 0 Å². The highest BCUT2D eigenvalue weighted by molar-refractivity contribution is 9.34. The van der Waals surface area contributed by atoms with Gasteiger partial charge in [-0.3, -0.25) is 0 Å². The van der Waals surface area contributed by atoms with E-state index in [-0.39, 0.29) is 21.5 Å². The Bertz CT molecular complexity index is 551. The quantitative estimate of drug-likeness (QED) is 0.212. The van der Waals surface area contributed by atoms with Crippen LogP contribution in [0.15, 0.2) is 0 Å². The molecule has 4 atom stereocenters. The van der Waals surface area contributed by atoms with Gasteiger partial charge < -0.3 is 0 Å². The van der Waals surface area contributed by atoms with Crippen LogP contribution in [0.3, 0.4) is 0 Å². The first-order chi connectivity index (χ1) is 16.4. The third-order valence-electron chi connectivity index (χ3n) is 6.37. The van der Waals surface area contributed by atoms with Crippen LogP contribution in [0.4, 0.5) is 0 Å². The van der Waals surface area contributed by atoms with Crippen LogP contribution in [-0.4, -0.2) is 42.4 Å². The highest BCUT2D eigenvalue weighted by Gasteiger charge is 2.64. The zero-order valence-corrected chi connectivity index (χ0v) is 40.6. The van der Waals surface area contributed by atoms with Crippen LogP contribution in [0.1, 0.15) is 77.0 Å². The lowest BCUT2D eigenvalue weighted by atomic mass is 9.99. The Labute approximate surface area is 332 Å². The van der Waals surface area contributed by atoms with Crippen molar-refractivity contribution < 1.29 is 0 Å². The molecule has 2 saturated carbocycles. The minimum atomic E-state index is -0.468. The molecule has 0 N–H and O–H groups in total. The van der Waals surface area contributed by atoms with E-state index in [2.05, 4.69) is 207 Å². The van der Waals surface area contributed by atoms with Crippen LogP contribution in [-0.2, 0) is 0 Å². The van der Waals surface area contributed by atoms with Gasteiger partial charge in [0.25, 0.3) is 0 Å². The second kappa shape index (κ2) is 18.6. The fraction of sp³-hybridized carbons (Fsp3) is 1.00. The Morgan fingerprint density at radius 2 is 0.611 bits per heavy atom. The van der Waals surface area contributed by atoms with E-state index in [0.717, 1.165) is 12.8 Å². The van der Waals surface area contributed by atoms with Crippen molar-refractivity contribution in [1.82, 2.24) is 0 Å². The molecular weight excluding hydrogens is 1340 g/mol. The molecular formula is C22H30Br13Cl. The Kier molecular flexibility index (Phi) is 21.0. The van der Waals surface area contributed by atoms with Gasteiger partial charge >= 0.3 is 0 Å². The van der Waals surface area contributed by atoms with Crippen molar-refractivity contribution in [3.8, 4) is 0 Å². The zero-order chi connectivity index (χ0) is 27.9. The summed E-state index contributed by atoms with van der Waals surface area (Å²) in [6, 6.07) is 0. The Morgan fingerprint density at radius 3 is 0.889 bits per heavy atom. The van der Waals surface area contributed by atoms with Gasteiger partial charge in [-0.05, 0) is 12.8 Å². The highest BCUT2D eigenvalue weighted by Crippen LogP contribution is 2.68. The summed E-state index contributed by atoms with van der Waals surface area (Å²) in [5.74, 6) is 0. The fourth-order valence-corrected chi connectivity index (χ4v) is 16.1. The van der Waals surface area contributed by atoms with Gasteiger partial charge in [-0.25, -0.2) is 0 Å². The van der Waals surface area contributed by atoms with Gasteiger partial charge in [0.05, 0.1) is 5.38 Å². The van der Waals surface area contributed by atoms with Gasteiger partial charge in [0.1, 0.15) is 12.9 Å². The van der Waals surface area contributed by atoms with Crippen LogP contribution in [0.2, 0.25) is 0 Å². The summed E-state index contributed by atoms with van der Waals surface area (Å²) in [6.45, 7) is 0. The van der Waals surface area contributed by atoms with E-state index in [0.29, 0.717) is 14.5 Å². The van der Waals surface area contributed by atoms with Crippen LogP contribution in [0.5, 0.6) is 0 Å². The molecule has 4 unspecified atom stereocenters. The Morgan fingerprint density at radius 1 is 0.389 bits per heavy atom. The average Bonchev–Trinajstić information content (AvgIpc) is 2.80. The first kappa shape index (κ1) is 40.6. The van der Waals surface area contributed by atoms with E-state index in [9.17, 15) is 0 Å². The topological polar surface area (TPSA) is 0 Å². The fourth-order valence-electron chi connectivity index (χ4n) is 3.94. The molecule has 0 spiro atoms. The van der Waals surface area contributed by atoms with Crippen molar-refractivity contribution in [2.24, 2.45) is 0 Å². The molecule has 14 heteroatoms. The van der Waals surface area contributed by atoms with Gasteiger partial charge in [-0.15, -0.1) is 11.6 Å². The summed E-state index contributed by atoms with van der Waals surface area (Å²) >= 11 is 55.5. The summed E-state index contributed by atoms with van der Waals surface area (Å²) < 4.78 is -1.54. The molecule has 0 nitrogen and oxygen atoms in total. The molecule has 0 aromatic carbocycles. The molecule has 0 aromatic heterocycles. The first-order valence-electron chi connectivity index (χ1n) is 11.8. The first-order valence-corrected chi connectivity index (χ1v) is 23.1. The lowest BCUT2D eigenvalue weighted by molar-refractivity contribution is 0.502. The third kappa shape index (κ3) is 11.4. The lowest BCUT2D eigenvalue weighted by Gasteiger charge is -2.49. The summed E-state index contributed by atoms with van der Waals surface area (Å²) in [6.07, 6.45) is 15.1.